The van der Waals surface area contributed by atoms with E-state index in [1.807, 2.05) is 13.8 Å². The summed E-state index contributed by atoms with van der Waals surface area (Å²) in [6.07, 6.45) is 1.61. The molecule has 0 aromatic carbocycles. The molecule has 1 heterocycles. The van der Waals surface area contributed by atoms with Gasteiger partial charge >= 0.3 is 0 Å². The molecule has 6 heteroatoms. The second kappa shape index (κ2) is 6.80. The van der Waals surface area contributed by atoms with Crippen LogP contribution in [0, 0.1) is 5.92 Å². The van der Waals surface area contributed by atoms with Gasteiger partial charge in [-0.3, -0.25) is 4.79 Å². The lowest BCUT2D eigenvalue weighted by Gasteiger charge is -2.23. The standard InChI is InChI=1S/C12H16BrN3OS/c1-3-16(7-8(2)11(14)18)12(17)10-5-4-9(13)6-15-10/h4-6,8H,3,7H2,1-2H3,(H2,14,18). The summed E-state index contributed by atoms with van der Waals surface area (Å²) >= 11 is 8.21. The fraction of sp³-hybridized carbons (Fsp3) is 0.417. The van der Waals surface area contributed by atoms with E-state index in [4.69, 9.17) is 18.0 Å². The van der Waals surface area contributed by atoms with Gasteiger partial charge in [-0.2, -0.15) is 0 Å². The summed E-state index contributed by atoms with van der Waals surface area (Å²) in [5.41, 5.74) is 6.00. The molecule has 0 aliphatic heterocycles. The molecule has 18 heavy (non-hydrogen) atoms. The number of rotatable bonds is 5. The minimum absolute atomic E-state index is 0.000603. The van der Waals surface area contributed by atoms with Crippen molar-refractivity contribution in [1.29, 1.82) is 0 Å². The van der Waals surface area contributed by atoms with Crippen molar-refractivity contribution in [1.82, 2.24) is 9.88 Å². The van der Waals surface area contributed by atoms with Crippen LogP contribution in [0.3, 0.4) is 0 Å². The fourth-order valence-electron chi connectivity index (χ4n) is 1.44. The van der Waals surface area contributed by atoms with Crippen LogP contribution in [0.1, 0.15) is 24.3 Å². The summed E-state index contributed by atoms with van der Waals surface area (Å²) in [5.74, 6) is -0.104. The zero-order valence-corrected chi connectivity index (χ0v) is 12.8. The van der Waals surface area contributed by atoms with Gasteiger partial charge in [0.1, 0.15) is 5.69 Å². The van der Waals surface area contributed by atoms with Gasteiger partial charge in [-0.1, -0.05) is 19.1 Å². The predicted molar refractivity (Wildman–Crippen MR) is 79.5 cm³/mol. The molecule has 0 spiro atoms. The van der Waals surface area contributed by atoms with Crippen molar-refractivity contribution in [2.75, 3.05) is 13.1 Å². The number of nitrogens with two attached hydrogens (primary N) is 1. The van der Waals surface area contributed by atoms with Crippen LogP contribution in [0.5, 0.6) is 0 Å². The van der Waals surface area contributed by atoms with Gasteiger partial charge in [0.25, 0.3) is 5.91 Å². The number of hydrogen-bond donors (Lipinski definition) is 1. The third kappa shape index (κ3) is 4.03. The first-order valence-electron chi connectivity index (χ1n) is 5.65. The highest BCUT2D eigenvalue weighted by Gasteiger charge is 2.18. The first kappa shape index (κ1) is 15.0. The maximum absolute atomic E-state index is 12.2. The van der Waals surface area contributed by atoms with Gasteiger partial charge in [-0.05, 0) is 35.0 Å². The van der Waals surface area contributed by atoms with Crippen molar-refractivity contribution >= 4 is 39.0 Å². The monoisotopic (exact) mass is 329 g/mol. The topological polar surface area (TPSA) is 59.2 Å². The second-order valence-electron chi connectivity index (χ2n) is 4.01. The molecule has 1 unspecified atom stereocenters. The van der Waals surface area contributed by atoms with Crippen LogP contribution in [0.4, 0.5) is 0 Å². The molecule has 0 radical (unpaired) electrons. The molecule has 0 aliphatic rings. The van der Waals surface area contributed by atoms with Crippen molar-refractivity contribution in [2.45, 2.75) is 13.8 Å². The van der Waals surface area contributed by atoms with E-state index in [9.17, 15) is 4.79 Å². The van der Waals surface area contributed by atoms with Crippen molar-refractivity contribution in [3.8, 4) is 0 Å². The summed E-state index contributed by atoms with van der Waals surface area (Å²) in [6.45, 7) is 4.95. The normalized spacial score (nSPS) is 11.9. The smallest absolute Gasteiger partial charge is 0.272 e. The maximum atomic E-state index is 12.2. The Kier molecular flexibility index (Phi) is 5.68. The first-order chi connectivity index (χ1) is 8.45. The summed E-state index contributed by atoms with van der Waals surface area (Å²) < 4.78 is 0.846. The lowest BCUT2D eigenvalue weighted by Crippen LogP contribution is -2.38. The predicted octanol–water partition coefficient (Wildman–Crippen LogP) is 2.23. The summed E-state index contributed by atoms with van der Waals surface area (Å²) in [6, 6.07) is 3.49. The number of thiocarbonyl (C=S) groups is 1. The molecule has 1 amide bonds. The lowest BCUT2D eigenvalue weighted by atomic mass is 10.1. The Morgan fingerprint density at radius 1 is 1.61 bits per heavy atom. The van der Waals surface area contributed by atoms with E-state index in [1.165, 1.54) is 0 Å². The van der Waals surface area contributed by atoms with E-state index < -0.39 is 0 Å². The van der Waals surface area contributed by atoms with E-state index >= 15 is 0 Å². The van der Waals surface area contributed by atoms with Gasteiger partial charge < -0.3 is 10.6 Å². The Labute approximate surface area is 121 Å². The average molecular weight is 330 g/mol. The van der Waals surface area contributed by atoms with Crippen LogP contribution in [-0.4, -0.2) is 33.9 Å². The molecule has 98 valence electrons. The summed E-state index contributed by atoms with van der Waals surface area (Å²) in [4.78, 5) is 18.4. The van der Waals surface area contributed by atoms with Gasteiger partial charge in [0, 0.05) is 29.7 Å². The highest BCUT2D eigenvalue weighted by molar-refractivity contribution is 9.10. The van der Waals surface area contributed by atoms with Crippen LogP contribution >= 0.6 is 28.1 Å². The van der Waals surface area contributed by atoms with Crippen LogP contribution < -0.4 is 5.73 Å². The highest BCUT2D eigenvalue weighted by Crippen LogP contribution is 2.10. The Hall–Kier alpha value is -1.01. The van der Waals surface area contributed by atoms with Crippen molar-refractivity contribution < 1.29 is 4.79 Å². The number of nitrogens with zero attached hydrogens (tertiary/aromatic N) is 2. The number of carbonyl (C=O) groups excluding carboxylic acids is 1. The molecule has 0 aliphatic carbocycles. The van der Waals surface area contributed by atoms with E-state index in [0.29, 0.717) is 23.8 Å². The molecule has 1 atom stereocenters. The Balaban J connectivity index is 2.79. The van der Waals surface area contributed by atoms with E-state index in [-0.39, 0.29) is 11.8 Å². The molecule has 0 saturated heterocycles. The van der Waals surface area contributed by atoms with Gasteiger partial charge in [0.15, 0.2) is 0 Å². The fourth-order valence-corrected chi connectivity index (χ4v) is 1.75. The second-order valence-corrected chi connectivity index (χ2v) is 5.40. The Bertz CT molecular complexity index is 435. The summed E-state index contributed by atoms with van der Waals surface area (Å²) in [5, 5.41) is 0. The molecule has 2 N–H and O–H groups in total. The number of carbonyl (C=O) groups is 1. The molecule has 0 bridgehead atoms. The number of amides is 1. The summed E-state index contributed by atoms with van der Waals surface area (Å²) in [7, 11) is 0. The molecular formula is C12H16BrN3OS. The molecule has 4 nitrogen and oxygen atoms in total. The van der Waals surface area contributed by atoms with E-state index in [0.717, 1.165) is 4.47 Å². The minimum Gasteiger partial charge on any atom is -0.393 e. The molecule has 1 aromatic heterocycles. The van der Waals surface area contributed by atoms with Gasteiger partial charge in [0.05, 0.1) is 4.99 Å². The maximum Gasteiger partial charge on any atom is 0.272 e. The third-order valence-electron chi connectivity index (χ3n) is 2.60. The van der Waals surface area contributed by atoms with Crippen LogP contribution in [0.15, 0.2) is 22.8 Å². The van der Waals surface area contributed by atoms with Gasteiger partial charge in [-0.15, -0.1) is 0 Å². The number of halogens is 1. The number of hydrogen-bond acceptors (Lipinski definition) is 3. The number of aromatic nitrogens is 1. The first-order valence-corrected chi connectivity index (χ1v) is 6.86. The van der Waals surface area contributed by atoms with Crippen LogP contribution in [0.25, 0.3) is 0 Å². The molecule has 0 fully saturated rings. The quantitative estimate of drug-likeness (QED) is 0.841. The molecule has 1 rings (SSSR count). The highest BCUT2D eigenvalue weighted by atomic mass is 79.9. The van der Waals surface area contributed by atoms with Crippen molar-refractivity contribution in [3.05, 3.63) is 28.5 Å². The largest absolute Gasteiger partial charge is 0.393 e. The Morgan fingerprint density at radius 3 is 2.72 bits per heavy atom. The van der Waals surface area contributed by atoms with E-state index in [1.54, 1.807) is 23.2 Å². The zero-order chi connectivity index (χ0) is 13.7. The van der Waals surface area contributed by atoms with Crippen LogP contribution in [0.2, 0.25) is 0 Å². The Morgan fingerprint density at radius 2 is 2.28 bits per heavy atom. The van der Waals surface area contributed by atoms with Gasteiger partial charge in [-0.25, -0.2) is 4.98 Å². The van der Waals surface area contributed by atoms with Gasteiger partial charge in [0.2, 0.25) is 0 Å². The van der Waals surface area contributed by atoms with Crippen molar-refractivity contribution in [3.63, 3.8) is 0 Å². The molecule has 0 saturated carbocycles. The zero-order valence-electron chi connectivity index (χ0n) is 10.4. The third-order valence-corrected chi connectivity index (χ3v) is 3.47. The lowest BCUT2D eigenvalue weighted by molar-refractivity contribution is 0.0749. The average Bonchev–Trinajstić information content (AvgIpc) is 2.35. The molecule has 1 aromatic rings. The molecular weight excluding hydrogens is 314 g/mol. The number of pyridine rings is 1. The van der Waals surface area contributed by atoms with E-state index in [2.05, 4.69) is 20.9 Å². The SMILES string of the molecule is CCN(CC(C)C(N)=S)C(=O)c1ccc(Br)cn1. The van der Waals surface area contributed by atoms with Crippen molar-refractivity contribution in [2.24, 2.45) is 11.7 Å². The van der Waals surface area contributed by atoms with Crippen LogP contribution in [-0.2, 0) is 0 Å². The minimum atomic E-state index is -0.104.